The van der Waals surface area contributed by atoms with E-state index in [2.05, 4.69) is 36.0 Å². The Bertz CT molecular complexity index is 1270. The van der Waals surface area contributed by atoms with Gasteiger partial charge in [-0.15, -0.1) is 20.4 Å². The van der Waals surface area contributed by atoms with Gasteiger partial charge in [-0.25, -0.2) is 9.37 Å². The number of halogens is 1. The molecule has 0 aromatic carbocycles. The molecule has 3 aromatic heterocycles. The number of anilines is 3. The number of rotatable bonds is 8. The quantitative estimate of drug-likeness (QED) is 0.430. The summed E-state index contributed by atoms with van der Waals surface area (Å²) >= 11 is 2.83. The Morgan fingerprint density at radius 1 is 1.03 bits per heavy atom. The number of pyridine rings is 1. The number of nitrogens with zero attached hydrogens (tertiary/aromatic N) is 6. The highest BCUT2D eigenvalue weighted by Gasteiger charge is 2.39. The molecule has 2 N–H and O–H groups in total. The zero-order chi connectivity index (χ0) is 26.0. The number of carbonyl (C=O) groups is 2. The van der Waals surface area contributed by atoms with E-state index >= 15 is 0 Å². The van der Waals surface area contributed by atoms with Gasteiger partial charge in [0.2, 0.25) is 22.1 Å². The van der Waals surface area contributed by atoms with Crippen molar-refractivity contribution in [3.8, 4) is 0 Å². The lowest BCUT2D eigenvalue weighted by molar-refractivity contribution is -0.116. The fourth-order valence-corrected chi connectivity index (χ4v) is 6.54. The predicted octanol–water partition coefficient (Wildman–Crippen LogP) is 4.30. The van der Waals surface area contributed by atoms with Gasteiger partial charge in [-0.1, -0.05) is 42.1 Å². The number of amides is 2. The van der Waals surface area contributed by atoms with Crippen LogP contribution in [0.2, 0.25) is 0 Å². The van der Waals surface area contributed by atoms with Crippen molar-refractivity contribution in [2.75, 3.05) is 28.6 Å². The third kappa shape index (κ3) is 6.27. The van der Waals surface area contributed by atoms with Crippen LogP contribution in [-0.2, 0) is 16.0 Å². The smallest absolute Gasteiger partial charge is 0.232 e. The van der Waals surface area contributed by atoms with Gasteiger partial charge in [0.05, 0.1) is 25.2 Å². The lowest BCUT2D eigenvalue weighted by Crippen LogP contribution is -2.57. The van der Waals surface area contributed by atoms with Gasteiger partial charge in [-0.05, 0) is 38.3 Å². The Labute approximate surface area is 222 Å². The highest BCUT2D eigenvalue weighted by atomic mass is 32.1. The Hall–Kier alpha value is -3.06. The van der Waals surface area contributed by atoms with Crippen molar-refractivity contribution < 1.29 is 14.0 Å². The van der Waals surface area contributed by atoms with Crippen LogP contribution in [0.1, 0.15) is 73.5 Å². The van der Waals surface area contributed by atoms with Gasteiger partial charge >= 0.3 is 0 Å². The second kappa shape index (κ2) is 10.7. The molecule has 10 nitrogen and oxygen atoms in total. The minimum Gasteiger partial charge on any atom is -0.350 e. The lowest BCUT2D eigenvalue weighted by atomic mass is 9.82. The maximum Gasteiger partial charge on any atom is 0.232 e. The first-order valence-electron chi connectivity index (χ1n) is 12.4. The Balaban J connectivity index is 1.16. The molecule has 1 aliphatic heterocycles. The van der Waals surface area contributed by atoms with Gasteiger partial charge in [-0.3, -0.25) is 9.59 Å². The van der Waals surface area contributed by atoms with Gasteiger partial charge in [-0.2, -0.15) is 0 Å². The first-order chi connectivity index (χ1) is 17.8. The second-order valence-corrected chi connectivity index (χ2v) is 11.9. The molecule has 2 aliphatic rings. The zero-order valence-electron chi connectivity index (χ0n) is 20.7. The maximum atomic E-state index is 13.8. The summed E-state index contributed by atoms with van der Waals surface area (Å²) in [6.45, 7) is 3.99. The molecule has 0 bridgehead atoms. The van der Waals surface area contributed by atoms with E-state index in [1.54, 1.807) is 19.9 Å². The minimum absolute atomic E-state index is 0.0726. The van der Waals surface area contributed by atoms with Crippen LogP contribution in [-0.4, -0.2) is 56.0 Å². The highest BCUT2D eigenvalue weighted by molar-refractivity contribution is 7.15. The first-order valence-corrected chi connectivity index (χ1v) is 14.1. The molecule has 0 spiro atoms. The molecule has 5 rings (SSSR count). The third-order valence-corrected chi connectivity index (χ3v) is 8.57. The molecule has 2 amide bonds. The molecule has 1 saturated carbocycles. The number of aromatic nitrogens is 5. The first kappa shape index (κ1) is 25.6. The summed E-state index contributed by atoms with van der Waals surface area (Å²) in [5.74, 6) is 0.877. The van der Waals surface area contributed by atoms with Crippen molar-refractivity contribution in [3.05, 3.63) is 33.9 Å². The average molecular weight is 545 g/mol. The molecule has 2 atom stereocenters. The molecule has 0 radical (unpaired) electrons. The van der Waals surface area contributed by atoms with Gasteiger partial charge in [0.25, 0.3) is 0 Å². The third-order valence-electron chi connectivity index (χ3n) is 6.57. The molecule has 4 heterocycles. The minimum atomic E-state index is -1.19. The normalized spacial score (nSPS) is 20.8. The van der Waals surface area contributed by atoms with Crippen molar-refractivity contribution >= 4 is 50.6 Å². The summed E-state index contributed by atoms with van der Waals surface area (Å²) < 4.78 is 13.8. The molecular formula is C24H29FN8O2S2. The zero-order valence-corrected chi connectivity index (χ0v) is 22.4. The van der Waals surface area contributed by atoms with E-state index in [4.69, 9.17) is 0 Å². The fraction of sp³-hybridized carbons (Fsp3) is 0.542. The van der Waals surface area contributed by atoms with Gasteiger partial charge in [0.1, 0.15) is 21.5 Å². The summed E-state index contributed by atoms with van der Waals surface area (Å²) in [6, 6.07) is 5.45. The van der Waals surface area contributed by atoms with E-state index in [-0.39, 0.29) is 30.1 Å². The van der Waals surface area contributed by atoms with Crippen molar-refractivity contribution in [3.63, 3.8) is 0 Å². The fourth-order valence-electron chi connectivity index (χ4n) is 4.73. The second-order valence-electron chi connectivity index (χ2n) is 9.83. The van der Waals surface area contributed by atoms with E-state index < -0.39 is 5.67 Å². The predicted molar refractivity (Wildman–Crippen MR) is 141 cm³/mol. The average Bonchev–Trinajstić information content (AvgIpc) is 3.52. The summed E-state index contributed by atoms with van der Waals surface area (Å²) in [7, 11) is 0. The summed E-state index contributed by atoms with van der Waals surface area (Å²) in [4.78, 5) is 30.6. The van der Waals surface area contributed by atoms with Crippen LogP contribution in [0.3, 0.4) is 0 Å². The maximum absolute atomic E-state index is 13.8. The van der Waals surface area contributed by atoms with Gasteiger partial charge in [0, 0.05) is 18.3 Å². The SMILES string of the molecule is CCC(=O)Nc1nnc([C@H]2CCC[C@H](c3nnc(NC(=O)Cc4cccc(N5CC(C)(F)C5)n4)s3)C2)s1. The summed E-state index contributed by atoms with van der Waals surface area (Å²) in [5.41, 5.74) is -0.566. The monoisotopic (exact) mass is 544 g/mol. The van der Waals surface area contributed by atoms with Gasteiger partial charge < -0.3 is 15.5 Å². The Morgan fingerprint density at radius 2 is 1.65 bits per heavy atom. The topological polar surface area (TPSA) is 126 Å². The van der Waals surface area contributed by atoms with Crippen molar-refractivity contribution in [1.82, 2.24) is 25.4 Å². The number of nitrogens with one attached hydrogen (secondary N) is 2. The summed E-state index contributed by atoms with van der Waals surface area (Å²) in [5, 5.41) is 25.4. The molecule has 1 saturated heterocycles. The molecule has 196 valence electrons. The van der Waals surface area contributed by atoms with Crippen LogP contribution in [0, 0.1) is 0 Å². The number of hydrogen-bond acceptors (Lipinski definition) is 10. The van der Waals surface area contributed by atoms with Crippen LogP contribution in [0.5, 0.6) is 0 Å². The molecule has 13 heteroatoms. The molecule has 0 unspecified atom stereocenters. The van der Waals surface area contributed by atoms with E-state index in [0.29, 0.717) is 41.3 Å². The Morgan fingerprint density at radius 3 is 2.24 bits per heavy atom. The van der Waals surface area contributed by atoms with E-state index in [1.165, 1.54) is 22.7 Å². The van der Waals surface area contributed by atoms with Crippen molar-refractivity contribution in [1.29, 1.82) is 0 Å². The molecule has 37 heavy (non-hydrogen) atoms. The van der Waals surface area contributed by atoms with Crippen LogP contribution < -0.4 is 15.5 Å². The van der Waals surface area contributed by atoms with Gasteiger partial charge in [0.15, 0.2) is 0 Å². The van der Waals surface area contributed by atoms with Crippen LogP contribution in [0.4, 0.5) is 20.5 Å². The molecular weight excluding hydrogens is 515 g/mol. The number of hydrogen-bond donors (Lipinski definition) is 2. The lowest BCUT2D eigenvalue weighted by Gasteiger charge is -2.43. The molecule has 3 aromatic rings. The molecule has 1 aliphatic carbocycles. The Kier molecular flexibility index (Phi) is 7.43. The number of alkyl halides is 1. The highest BCUT2D eigenvalue weighted by Crippen LogP contribution is 2.43. The number of carbonyl (C=O) groups excluding carboxylic acids is 2. The standard InChI is InChI=1S/C24H29FN8O2S2/c1-3-18(34)27-22-31-29-20(36-22)14-6-4-7-15(10-14)21-30-32-23(37-21)28-19(35)11-16-8-5-9-17(26-16)33-12-24(2,25)13-33/h5,8-9,14-15H,3-4,6-7,10-13H2,1-2H3,(H,27,31,34)(H,28,32,35)/t14-,15-/m0/s1. The largest absolute Gasteiger partial charge is 0.350 e. The van der Waals surface area contributed by atoms with Crippen LogP contribution in [0.25, 0.3) is 0 Å². The molecule has 2 fully saturated rings. The van der Waals surface area contributed by atoms with Crippen LogP contribution >= 0.6 is 22.7 Å². The van der Waals surface area contributed by atoms with Crippen LogP contribution in [0.15, 0.2) is 18.2 Å². The van der Waals surface area contributed by atoms with E-state index in [9.17, 15) is 14.0 Å². The summed E-state index contributed by atoms with van der Waals surface area (Å²) in [6.07, 6.45) is 4.43. The van der Waals surface area contributed by atoms with Crippen molar-refractivity contribution in [2.24, 2.45) is 0 Å². The van der Waals surface area contributed by atoms with E-state index in [1.807, 2.05) is 17.0 Å². The van der Waals surface area contributed by atoms with Crippen molar-refractivity contribution in [2.45, 2.75) is 69.9 Å². The van der Waals surface area contributed by atoms with E-state index in [0.717, 1.165) is 35.7 Å².